The Labute approximate surface area is 190 Å². The Morgan fingerprint density at radius 3 is 2.38 bits per heavy atom. The number of aryl methyl sites for hydroxylation is 1. The number of hydrogen-bond acceptors (Lipinski definition) is 3. The molecule has 1 unspecified atom stereocenters. The molecule has 0 spiro atoms. The van der Waals surface area contributed by atoms with Crippen LogP contribution < -0.4 is 0 Å². The SMILES string of the molecule is Cc1nc2ccc(C(=O)N3CCC(C(O)C4CCCCC4)CC3)cn2c1-c1ccccc1. The number of pyridine rings is 1. The molecule has 1 N–H and O–H groups in total. The van der Waals surface area contributed by atoms with Crippen molar-refractivity contribution in [3.05, 3.63) is 59.9 Å². The molecule has 1 amide bonds. The third kappa shape index (κ3) is 4.06. The van der Waals surface area contributed by atoms with E-state index in [1.165, 1.54) is 19.3 Å². The number of aliphatic hydroxyl groups excluding tert-OH is 1. The van der Waals surface area contributed by atoms with Gasteiger partial charge in [-0.15, -0.1) is 0 Å². The minimum absolute atomic E-state index is 0.0721. The first-order valence-electron chi connectivity index (χ1n) is 12.1. The van der Waals surface area contributed by atoms with Gasteiger partial charge in [0.1, 0.15) is 5.65 Å². The van der Waals surface area contributed by atoms with Crippen molar-refractivity contribution in [2.24, 2.45) is 11.8 Å². The van der Waals surface area contributed by atoms with Gasteiger partial charge in [-0.1, -0.05) is 49.6 Å². The third-order valence-corrected chi connectivity index (χ3v) is 7.53. The lowest BCUT2D eigenvalue weighted by Gasteiger charge is -2.38. The van der Waals surface area contributed by atoms with Gasteiger partial charge in [-0.3, -0.25) is 9.20 Å². The number of rotatable bonds is 4. The topological polar surface area (TPSA) is 57.8 Å². The van der Waals surface area contributed by atoms with Crippen LogP contribution in [0.3, 0.4) is 0 Å². The number of fused-ring (bicyclic) bond motifs is 1. The second-order valence-electron chi connectivity index (χ2n) is 9.58. The molecule has 1 aliphatic carbocycles. The van der Waals surface area contributed by atoms with Crippen LogP contribution in [-0.4, -0.2) is 44.5 Å². The lowest BCUT2D eigenvalue weighted by atomic mass is 9.77. The van der Waals surface area contributed by atoms with Crippen molar-refractivity contribution in [1.82, 2.24) is 14.3 Å². The molecular formula is C27H33N3O2. The number of likely N-dealkylation sites (tertiary alicyclic amines) is 1. The Bertz CT molecular complexity index is 1080. The highest BCUT2D eigenvalue weighted by Crippen LogP contribution is 2.34. The first-order chi connectivity index (χ1) is 15.6. The zero-order chi connectivity index (χ0) is 22.1. The number of benzene rings is 1. The van der Waals surface area contributed by atoms with Crippen LogP contribution in [0, 0.1) is 18.8 Å². The summed E-state index contributed by atoms with van der Waals surface area (Å²) >= 11 is 0. The van der Waals surface area contributed by atoms with E-state index in [2.05, 4.69) is 17.1 Å². The van der Waals surface area contributed by atoms with Gasteiger partial charge in [0.15, 0.2) is 0 Å². The predicted octanol–water partition coefficient (Wildman–Crippen LogP) is 5.10. The number of aromatic nitrogens is 2. The lowest BCUT2D eigenvalue weighted by Crippen LogP contribution is -2.43. The van der Waals surface area contributed by atoms with Gasteiger partial charge in [-0.05, 0) is 56.6 Å². The largest absolute Gasteiger partial charge is 0.393 e. The molecule has 32 heavy (non-hydrogen) atoms. The minimum Gasteiger partial charge on any atom is -0.393 e. The molecule has 5 nitrogen and oxygen atoms in total. The number of carbonyl (C=O) groups is 1. The molecule has 168 valence electrons. The minimum atomic E-state index is -0.203. The maximum Gasteiger partial charge on any atom is 0.255 e. The average molecular weight is 432 g/mol. The summed E-state index contributed by atoms with van der Waals surface area (Å²) in [6, 6.07) is 14.0. The Balaban J connectivity index is 1.31. The van der Waals surface area contributed by atoms with E-state index in [9.17, 15) is 9.90 Å². The van der Waals surface area contributed by atoms with Crippen molar-refractivity contribution < 1.29 is 9.90 Å². The number of carbonyl (C=O) groups excluding carboxylic acids is 1. The second kappa shape index (κ2) is 9.07. The Morgan fingerprint density at radius 1 is 0.969 bits per heavy atom. The molecule has 1 atom stereocenters. The molecule has 1 saturated carbocycles. The molecule has 2 aromatic heterocycles. The van der Waals surface area contributed by atoms with Crippen molar-refractivity contribution in [3.63, 3.8) is 0 Å². The molecule has 2 fully saturated rings. The summed E-state index contributed by atoms with van der Waals surface area (Å²) in [6.07, 6.45) is 9.65. The van der Waals surface area contributed by atoms with E-state index in [4.69, 9.17) is 0 Å². The van der Waals surface area contributed by atoms with Crippen LogP contribution in [0.4, 0.5) is 0 Å². The van der Waals surface area contributed by atoms with Gasteiger partial charge in [0.25, 0.3) is 5.91 Å². The molecule has 1 saturated heterocycles. The maximum absolute atomic E-state index is 13.3. The summed E-state index contributed by atoms with van der Waals surface area (Å²) in [5.74, 6) is 0.854. The van der Waals surface area contributed by atoms with Crippen molar-refractivity contribution in [2.45, 2.75) is 58.0 Å². The first kappa shape index (κ1) is 21.2. The quantitative estimate of drug-likeness (QED) is 0.625. The summed E-state index contributed by atoms with van der Waals surface area (Å²) in [5.41, 5.74) is 4.63. The third-order valence-electron chi connectivity index (χ3n) is 7.53. The Morgan fingerprint density at radius 2 is 1.66 bits per heavy atom. The number of imidazole rings is 1. The monoisotopic (exact) mass is 431 g/mol. The molecule has 1 aromatic carbocycles. The molecule has 2 aliphatic rings. The van der Waals surface area contributed by atoms with Gasteiger partial charge in [-0.2, -0.15) is 0 Å². The van der Waals surface area contributed by atoms with Crippen molar-refractivity contribution in [2.75, 3.05) is 13.1 Å². The zero-order valence-corrected chi connectivity index (χ0v) is 18.9. The fourth-order valence-electron chi connectivity index (χ4n) is 5.72. The van der Waals surface area contributed by atoms with Crippen LogP contribution in [0.15, 0.2) is 48.7 Å². The Kier molecular flexibility index (Phi) is 6.01. The zero-order valence-electron chi connectivity index (χ0n) is 18.9. The van der Waals surface area contributed by atoms with Crippen LogP contribution in [-0.2, 0) is 0 Å². The van der Waals surface area contributed by atoms with Gasteiger partial charge in [0.2, 0.25) is 0 Å². The first-order valence-corrected chi connectivity index (χ1v) is 12.1. The van der Waals surface area contributed by atoms with Gasteiger partial charge >= 0.3 is 0 Å². The summed E-state index contributed by atoms with van der Waals surface area (Å²) in [7, 11) is 0. The van der Waals surface area contributed by atoms with Crippen LogP contribution in [0.2, 0.25) is 0 Å². The number of nitrogens with zero attached hydrogens (tertiary/aromatic N) is 3. The Hall–Kier alpha value is -2.66. The van der Waals surface area contributed by atoms with Crippen LogP contribution in [0.5, 0.6) is 0 Å². The molecule has 0 radical (unpaired) electrons. The van der Waals surface area contributed by atoms with Crippen molar-refractivity contribution in [3.8, 4) is 11.3 Å². The fourth-order valence-corrected chi connectivity index (χ4v) is 5.72. The summed E-state index contributed by atoms with van der Waals surface area (Å²) < 4.78 is 2.04. The van der Waals surface area contributed by atoms with E-state index in [1.54, 1.807) is 0 Å². The summed E-state index contributed by atoms with van der Waals surface area (Å²) in [4.78, 5) is 19.9. The highest BCUT2D eigenvalue weighted by Gasteiger charge is 2.32. The van der Waals surface area contributed by atoms with Crippen molar-refractivity contribution in [1.29, 1.82) is 0 Å². The van der Waals surface area contributed by atoms with E-state index in [0.717, 1.165) is 61.4 Å². The van der Waals surface area contributed by atoms with Crippen molar-refractivity contribution >= 4 is 11.6 Å². The van der Waals surface area contributed by atoms with Gasteiger partial charge in [0.05, 0.1) is 23.1 Å². The molecule has 3 aromatic rings. The van der Waals surface area contributed by atoms with E-state index < -0.39 is 0 Å². The second-order valence-corrected chi connectivity index (χ2v) is 9.58. The van der Waals surface area contributed by atoms with E-state index in [-0.39, 0.29) is 12.0 Å². The number of hydrogen-bond donors (Lipinski definition) is 1. The van der Waals surface area contributed by atoms with Crippen LogP contribution in [0.1, 0.15) is 61.0 Å². The van der Waals surface area contributed by atoms with Gasteiger partial charge in [0, 0.05) is 24.8 Å². The molecule has 3 heterocycles. The lowest BCUT2D eigenvalue weighted by molar-refractivity contribution is 0.00603. The normalized spacial score (nSPS) is 19.4. The molecular weight excluding hydrogens is 398 g/mol. The predicted molar refractivity (Wildman–Crippen MR) is 127 cm³/mol. The van der Waals surface area contributed by atoms with E-state index >= 15 is 0 Å². The van der Waals surface area contributed by atoms with E-state index in [1.807, 2.05) is 52.8 Å². The highest BCUT2D eigenvalue weighted by molar-refractivity contribution is 5.94. The number of aliphatic hydroxyl groups is 1. The molecule has 0 bridgehead atoms. The smallest absolute Gasteiger partial charge is 0.255 e. The van der Waals surface area contributed by atoms with Gasteiger partial charge < -0.3 is 10.0 Å². The van der Waals surface area contributed by atoms with Gasteiger partial charge in [-0.25, -0.2) is 4.98 Å². The highest BCUT2D eigenvalue weighted by atomic mass is 16.3. The molecule has 5 heteroatoms. The summed E-state index contributed by atoms with van der Waals surface area (Å²) in [5, 5.41) is 10.9. The molecule has 5 rings (SSSR count). The number of amides is 1. The van der Waals surface area contributed by atoms with E-state index in [0.29, 0.717) is 17.4 Å². The van der Waals surface area contributed by atoms with Crippen LogP contribution >= 0.6 is 0 Å². The fraction of sp³-hybridized carbons (Fsp3) is 0.481. The van der Waals surface area contributed by atoms with Crippen LogP contribution in [0.25, 0.3) is 16.9 Å². The standard InChI is InChI=1S/C27H33N3O2/c1-19-25(20-8-4-2-5-9-20)30-18-23(12-13-24(30)28-19)27(32)29-16-14-22(15-17-29)26(31)21-10-6-3-7-11-21/h2,4-5,8-9,12-13,18,21-22,26,31H,3,6-7,10-11,14-17H2,1H3. The summed E-state index contributed by atoms with van der Waals surface area (Å²) in [6.45, 7) is 3.46. The maximum atomic E-state index is 13.3. The number of piperidine rings is 1. The molecule has 1 aliphatic heterocycles. The average Bonchev–Trinajstić information content (AvgIpc) is 3.19.